The van der Waals surface area contributed by atoms with Crippen molar-refractivity contribution in [2.75, 3.05) is 7.11 Å². The van der Waals surface area contributed by atoms with E-state index in [1.54, 1.807) is 18.2 Å². The first-order valence-electron chi connectivity index (χ1n) is 11.5. The van der Waals surface area contributed by atoms with Crippen LogP contribution < -0.4 is 14.8 Å². The normalized spacial score (nSPS) is 17.6. The molecule has 0 atom stereocenters. The molecule has 1 aliphatic carbocycles. The van der Waals surface area contributed by atoms with Crippen molar-refractivity contribution >= 4 is 35.5 Å². The Bertz CT molecular complexity index is 1200. The minimum Gasteiger partial charge on any atom is -0.493 e. The lowest BCUT2D eigenvalue weighted by molar-refractivity contribution is -0.131. The number of hydrogen-bond donors (Lipinski definition) is 1. The molecule has 2 aromatic carbocycles. The van der Waals surface area contributed by atoms with Gasteiger partial charge in [-0.2, -0.15) is 0 Å². The van der Waals surface area contributed by atoms with Gasteiger partial charge in [-0.15, -0.1) is 6.58 Å². The molecule has 1 saturated carbocycles. The molecule has 2 aromatic rings. The summed E-state index contributed by atoms with van der Waals surface area (Å²) in [7, 11) is 1.52. The van der Waals surface area contributed by atoms with Crippen molar-refractivity contribution in [2.45, 2.75) is 44.8 Å². The monoisotopic (exact) mass is 494 g/mol. The van der Waals surface area contributed by atoms with Crippen LogP contribution in [0.1, 0.15) is 42.4 Å². The van der Waals surface area contributed by atoms with E-state index in [2.05, 4.69) is 11.9 Å². The average Bonchev–Trinajstić information content (AvgIpc) is 3.36. The van der Waals surface area contributed by atoms with Gasteiger partial charge in [0, 0.05) is 22.2 Å². The van der Waals surface area contributed by atoms with Crippen LogP contribution >= 0.6 is 11.6 Å². The number of carbonyl (C=O) groups is 3. The lowest BCUT2D eigenvalue weighted by Gasteiger charge is -2.31. The zero-order valence-electron chi connectivity index (χ0n) is 19.5. The Morgan fingerprint density at radius 3 is 2.57 bits per heavy atom. The number of methoxy groups -OCH3 is 1. The number of ether oxygens (including phenoxy) is 2. The van der Waals surface area contributed by atoms with Crippen LogP contribution in [-0.4, -0.2) is 35.9 Å². The highest BCUT2D eigenvalue weighted by Gasteiger charge is 2.40. The Morgan fingerprint density at radius 2 is 1.89 bits per heavy atom. The molecule has 8 heteroatoms. The number of imide groups is 2. The molecule has 0 unspecified atom stereocenters. The molecule has 0 aromatic heterocycles. The van der Waals surface area contributed by atoms with Crippen molar-refractivity contribution in [3.8, 4) is 11.5 Å². The third-order valence-corrected chi connectivity index (χ3v) is 6.57. The van der Waals surface area contributed by atoms with E-state index < -0.39 is 17.8 Å². The second-order valence-corrected chi connectivity index (χ2v) is 8.92. The largest absolute Gasteiger partial charge is 0.493 e. The SMILES string of the molecule is C=CCc1cc(/C=C2\C(=O)NC(=O)N(C3CCCC3)C2=O)cc(OC)c1OCc1ccccc1Cl. The van der Waals surface area contributed by atoms with Crippen molar-refractivity contribution in [1.29, 1.82) is 0 Å². The number of nitrogens with one attached hydrogen (secondary N) is 1. The smallest absolute Gasteiger partial charge is 0.331 e. The number of barbiturate groups is 1. The Morgan fingerprint density at radius 1 is 1.14 bits per heavy atom. The van der Waals surface area contributed by atoms with Crippen LogP contribution in [-0.2, 0) is 22.6 Å². The predicted molar refractivity (Wildman–Crippen MR) is 133 cm³/mol. The molecule has 1 N–H and O–H groups in total. The van der Waals surface area contributed by atoms with Crippen molar-refractivity contribution in [2.24, 2.45) is 0 Å². The number of amides is 4. The van der Waals surface area contributed by atoms with Gasteiger partial charge in [-0.1, -0.05) is 48.7 Å². The summed E-state index contributed by atoms with van der Waals surface area (Å²) in [6.07, 6.45) is 7.08. The highest BCUT2D eigenvalue weighted by atomic mass is 35.5. The molecule has 0 spiro atoms. The molecule has 7 nitrogen and oxygen atoms in total. The van der Waals surface area contributed by atoms with Crippen LogP contribution in [0.15, 0.2) is 54.6 Å². The molecule has 35 heavy (non-hydrogen) atoms. The second-order valence-electron chi connectivity index (χ2n) is 8.52. The van der Waals surface area contributed by atoms with Gasteiger partial charge in [-0.05, 0) is 49.1 Å². The number of nitrogens with zero attached hydrogens (tertiary/aromatic N) is 1. The molecule has 182 valence electrons. The first kappa shape index (κ1) is 24.5. The van der Waals surface area contributed by atoms with Crippen LogP contribution in [0.5, 0.6) is 11.5 Å². The Labute approximate surface area is 209 Å². The van der Waals surface area contributed by atoms with Crippen molar-refractivity contribution in [3.05, 3.63) is 76.3 Å². The van der Waals surface area contributed by atoms with Gasteiger partial charge in [0.05, 0.1) is 7.11 Å². The van der Waals surface area contributed by atoms with E-state index >= 15 is 0 Å². The number of carbonyl (C=O) groups excluding carboxylic acids is 3. The average molecular weight is 495 g/mol. The van der Waals surface area contributed by atoms with E-state index in [0.29, 0.717) is 28.5 Å². The van der Waals surface area contributed by atoms with Gasteiger partial charge in [0.25, 0.3) is 11.8 Å². The zero-order valence-corrected chi connectivity index (χ0v) is 20.3. The van der Waals surface area contributed by atoms with E-state index in [-0.39, 0.29) is 18.2 Å². The summed E-state index contributed by atoms with van der Waals surface area (Å²) in [6, 6.07) is 10.1. The maximum Gasteiger partial charge on any atom is 0.331 e. The summed E-state index contributed by atoms with van der Waals surface area (Å²) >= 11 is 6.26. The summed E-state index contributed by atoms with van der Waals surface area (Å²) in [6.45, 7) is 4.06. The Balaban J connectivity index is 1.67. The molecule has 1 aliphatic heterocycles. The molecular formula is C27H27ClN2O5. The first-order valence-corrected chi connectivity index (χ1v) is 11.9. The van der Waals surface area contributed by atoms with Crippen LogP contribution in [0.2, 0.25) is 5.02 Å². The number of halogens is 1. The number of rotatable bonds is 8. The minimum atomic E-state index is -0.711. The summed E-state index contributed by atoms with van der Waals surface area (Å²) in [5.41, 5.74) is 2.08. The summed E-state index contributed by atoms with van der Waals surface area (Å²) in [4.78, 5) is 39.3. The third kappa shape index (κ3) is 5.25. The van der Waals surface area contributed by atoms with E-state index in [1.165, 1.54) is 18.1 Å². The molecule has 0 bridgehead atoms. The summed E-state index contributed by atoms with van der Waals surface area (Å²) in [5.74, 6) is -0.321. The second kappa shape index (κ2) is 10.8. The summed E-state index contributed by atoms with van der Waals surface area (Å²) < 4.78 is 11.7. The molecule has 2 aliphatic rings. The quantitative estimate of drug-likeness (QED) is 0.315. The lowest BCUT2D eigenvalue weighted by atomic mass is 10.0. The molecule has 1 saturated heterocycles. The third-order valence-electron chi connectivity index (χ3n) is 6.20. The first-order chi connectivity index (χ1) is 16.9. The highest BCUT2D eigenvalue weighted by Crippen LogP contribution is 2.36. The van der Waals surface area contributed by atoms with E-state index in [4.69, 9.17) is 21.1 Å². The predicted octanol–water partition coefficient (Wildman–Crippen LogP) is 5.06. The van der Waals surface area contributed by atoms with Gasteiger partial charge in [-0.25, -0.2) is 4.79 Å². The fourth-order valence-electron chi connectivity index (χ4n) is 4.49. The maximum absolute atomic E-state index is 13.2. The zero-order chi connectivity index (χ0) is 24.9. The number of allylic oxidation sites excluding steroid dienone is 1. The molecular weight excluding hydrogens is 468 g/mol. The Hall–Kier alpha value is -3.58. The molecule has 1 heterocycles. The van der Waals surface area contributed by atoms with Gasteiger partial charge < -0.3 is 9.47 Å². The lowest BCUT2D eigenvalue weighted by Crippen LogP contribution is -2.57. The molecule has 4 rings (SSSR count). The van der Waals surface area contributed by atoms with Crippen LogP contribution in [0, 0.1) is 0 Å². The van der Waals surface area contributed by atoms with E-state index in [9.17, 15) is 14.4 Å². The maximum atomic E-state index is 13.2. The van der Waals surface area contributed by atoms with Gasteiger partial charge in [0.1, 0.15) is 12.2 Å². The van der Waals surface area contributed by atoms with Crippen molar-refractivity contribution in [1.82, 2.24) is 10.2 Å². The van der Waals surface area contributed by atoms with Gasteiger partial charge in [0.15, 0.2) is 11.5 Å². The molecule has 4 amide bonds. The van der Waals surface area contributed by atoms with E-state index in [1.807, 2.05) is 24.3 Å². The van der Waals surface area contributed by atoms with Crippen molar-refractivity contribution < 1.29 is 23.9 Å². The van der Waals surface area contributed by atoms with Gasteiger partial charge >= 0.3 is 6.03 Å². The van der Waals surface area contributed by atoms with Crippen LogP contribution in [0.25, 0.3) is 6.08 Å². The standard InChI is InChI=1S/C27H27ClN2O5/c1-3-8-18-13-17(15-23(34-2)24(18)35-16-19-9-4-7-12-22(19)28)14-21-25(31)29-27(33)30(26(21)32)20-10-5-6-11-20/h3-4,7,9,12-15,20H,1,5-6,8,10-11,16H2,2H3,(H,29,31,33)/b21-14+. The number of urea groups is 1. The van der Waals surface area contributed by atoms with Gasteiger partial charge in [0.2, 0.25) is 0 Å². The fraction of sp³-hybridized carbons (Fsp3) is 0.296. The Kier molecular flexibility index (Phi) is 7.56. The van der Waals surface area contributed by atoms with Crippen LogP contribution in [0.4, 0.5) is 4.79 Å². The van der Waals surface area contributed by atoms with E-state index in [0.717, 1.165) is 36.8 Å². The fourth-order valence-corrected chi connectivity index (χ4v) is 4.68. The number of hydrogen-bond acceptors (Lipinski definition) is 5. The summed E-state index contributed by atoms with van der Waals surface area (Å²) in [5, 5.41) is 2.90. The van der Waals surface area contributed by atoms with Crippen LogP contribution in [0.3, 0.4) is 0 Å². The topological polar surface area (TPSA) is 84.9 Å². The minimum absolute atomic E-state index is 0.0900. The van der Waals surface area contributed by atoms with Crippen molar-refractivity contribution in [3.63, 3.8) is 0 Å². The molecule has 0 radical (unpaired) electrons. The number of benzene rings is 2. The molecule has 2 fully saturated rings. The van der Waals surface area contributed by atoms with Gasteiger partial charge in [-0.3, -0.25) is 19.8 Å². The highest BCUT2D eigenvalue weighted by molar-refractivity contribution is 6.31.